The van der Waals surface area contributed by atoms with Gasteiger partial charge < -0.3 is 24.3 Å². The van der Waals surface area contributed by atoms with Gasteiger partial charge in [-0.05, 0) is 44.5 Å². The molecule has 0 spiro atoms. The zero-order valence-electron chi connectivity index (χ0n) is 23.2. The second-order valence-corrected chi connectivity index (χ2v) is 10.8. The molecule has 1 atom stereocenters. The molecule has 2 amide bonds. The number of methoxy groups -OCH3 is 1. The summed E-state index contributed by atoms with van der Waals surface area (Å²) in [5.74, 6) is -0.285. The molecule has 226 valence electrons. The molecule has 12 nitrogen and oxygen atoms in total. The van der Waals surface area contributed by atoms with Gasteiger partial charge in [-0.25, -0.2) is 14.8 Å². The fourth-order valence-electron chi connectivity index (χ4n) is 3.66. The van der Waals surface area contributed by atoms with E-state index in [-0.39, 0.29) is 25.5 Å². The van der Waals surface area contributed by atoms with Gasteiger partial charge in [-0.2, -0.15) is 13.2 Å². The molecule has 1 aliphatic heterocycles. The number of nitrogens with zero attached hydrogens (tertiary/aromatic N) is 7. The minimum Gasteiger partial charge on any atom is -0.453 e. The molecule has 0 saturated carbocycles. The Morgan fingerprint density at radius 1 is 1.31 bits per heavy atom. The van der Waals surface area contributed by atoms with E-state index in [0.717, 1.165) is 38.5 Å². The van der Waals surface area contributed by atoms with Crippen LogP contribution < -0.4 is 5.32 Å². The lowest BCUT2D eigenvalue weighted by Gasteiger charge is -2.36. The average molecular weight is 627 g/mol. The number of halogens is 3. The van der Waals surface area contributed by atoms with E-state index in [9.17, 15) is 22.8 Å². The predicted octanol–water partition coefficient (Wildman–Crippen LogP) is 4.94. The second kappa shape index (κ2) is 14.8. The number of carbonyl (C=O) groups is 2. The largest absolute Gasteiger partial charge is 0.470 e. The number of alkyl halides is 3. The third kappa shape index (κ3) is 8.75. The Balaban J connectivity index is 0.000000230. The number of aliphatic imine (C=N–C) groups is 1. The highest BCUT2D eigenvalue weighted by molar-refractivity contribution is 8.02. The number of aromatic nitrogens is 4. The molecular formula is C25H29F3N8O4S2. The molecule has 1 N–H and O–H groups in total. The van der Waals surface area contributed by atoms with Crippen molar-refractivity contribution in [3.05, 3.63) is 56.7 Å². The van der Waals surface area contributed by atoms with E-state index in [1.54, 1.807) is 23.1 Å². The van der Waals surface area contributed by atoms with E-state index < -0.39 is 24.2 Å². The maximum atomic E-state index is 12.4. The lowest BCUT2D eigenvalue weighted by atomic mass is 10.2. The van der Waals surface area contributed by atoms with Gasteiger partial charge in [0.1, 0.15) is 11.9 Å². The Kier molecular flexibility index (Phi) is 11.4. The second-order valence-electron chi connectivity index (χ2n) is 8.74. The lowest BCUT2D eigenvalue weighted by Crippen LogP contribution is -2.50. The number of thiazole rings is 1. The Hall–Kier alpha value is -3.99. The van der Waals surface area contributed by atoms with Crippen LogP contribution in [-0.2, 0) is 15.7 Å². The Bertz CT molecular complexity index is 1390. The van der Waals surface area contributed by atoms with Crippen molar-refractivity contribution >= 4 is 53.8 Å². The van der Waals surface area contributed by atoms with Gasteiger partial charge in [0.2, 0.25) is 12.3 Å². The molecule has 4 rings (SSSR count). The van der Waals surface area contributed by atoms with Crippen molar-refractivity contribution in [1.82, 2.24) is 30.0 Å². The SMILES string of the molecule is C=N/C(=C\SCNc1ccc(C)cn1)c1sc(C)nc1C.COC(=O)N1CCN(C=O)C(c2nnc(C(F)(F)F)o2)C1. The quantitative estimate of drug-likeness (QED) is 0.158. The van der Waals surface area contributed by atoms with E-state index in [4.69, 9.17) is 0 Å². The summed E-state index contributed by atoms with van der Waals surface area (Å²) in [6.45, 7) is 9.89. The number of amides is 2. The van der Waals surface area contributed by atoms with Gasteiger partial charge in [-0.3, -0.25) is 9.79 Å². The molecule has 0 radical (unpaired) electrons. The highest BCUT2D eigenvalue weighted by Gasteiger charge is 2.41. The van der Waals surface area contributed by atoms with Crippen LogP contribution in [0.1, 0.15) is 39.0 Å². The summed E-state index contributed by atoms with van der Waals surface area (Å²) in [6, 6.07) is 3.07. The fraction of sp³-hybridized carbons (Fsp3) is 0.400. The maximum absolute atomic E-state index is 12.4. The first-order chi connectivity index (χ1) is 20.0. The first-order valence-corrected chi connectivity index (χ1v) is 14.2. The minimum absolute atomic E-state index is 0.0924. The highest BCUT2D eigenvalue weighted by atomic mass is 32.2. The number of piperazine rings is 1. The van der Waals surface area contributed by atoms with Crippen LogP contribution in [0.25, 0.3) is 5.70 Å². The normalized spacial score (nSPS) is 15.5. The van der Waals surface area contributed by atoms with Crippen LogP contribution in [0.3, 0.4) is 0 Å². The first kappa shape index (κ1) is 32.5. The zero-order valence-corrected chi connectivity index (χ0v) is 24.8. The number of aryl methyl sites for hydroxylation is 3. The van der Waals surface area contributed by atoms with E-state index >= 15 is 0 Å². The van der Waals surface area contributed by atoms with Crippen LogP contribution in [0, 0.1) is 20.8 Å². The third-order valence-corrected chi connectivity index (χ3v) is 7.50. The summed E-state index contributed by atoms with van der Waals surface area (Å²) in [6.07, 6.45) is -3.12. The van der Waals surface area contributed by atoms with Crippen LogP contribution in [0.15, 0.2) is 33.1 Å². The average Bonchev–Trinajstić information content (AvgIpc) is 3.60. The molecule has 3 aromatic rings. The third-order valence-electron chi connectivity index (χ3n) is 5.71. The number of pyridine rings is 1. The molecule has 0 aliphatic carbocycles. The maximum Gasteiger partial charge on any atom is 0.470 e. The number of rotatable bonds is 8. The van der Waals surface area contributed by atoms with E-state index in [1.807, 2.05) is 44.5 Å². The van der Waals surface area contributed by atoms with Crippen LogP contribution in [-0.4, -0.2) is 81.8 Å². The van der Waals surface area contributed by atoms with Gasteiger partial charge in [0.05, 0.1) is 40.8 Å². The van der Waals surface area contributed by atoms with E-state index in [0.29, 0.717) is 6.41 Å². The first-order valence-electron chi connectivity index (χ1n) is 12.3. The van der Waals surface area contributed by atoms with E-state index in [2.05, 4.69) is 46.3 Å². The highest BCUT2D eigenvalue weighted by Crippen LogP contribution is 2.31. The standard InChI is InChI=1S/C15H18N4S2.C10H11F3N4O4/c1-10-5-6-14(17-7-10)18-9-20-8-13(16-4)15-11(2)19-12(3)21-15;1-20-9(19)16-2-3-17(5-18)6(4-16)7-14-15-8(21-7)10(11,12)13/h5-8H,4,9H2,1-3H3,(H,17,18);5-6H,2-4H2,1H3/b13-8-;. The summed E-state index contributed by atoms with van der Waals surface area (Å²) in [7, 11) is 1.18. The Labute approximate surface area is 248 Å². The van der Waals surface area contributed by atoms with Crippen molar-refractivity contribution in [2.45, 2.75) is 33.0 Å². The predicted molar refractivity (Wildman–Crippen MR) is 153 cm³/mol. The van der Waals surface area contributed by atoms with Crippen LogP contribution in [0.2, 0.25) is 0 Å². The summed E-state index contributed by atoms with van der Waals surface area (Å²) >= 11 is 3.27. The van der Waals surface area contributed by atoms with Gasteiger partial charge in [0.15, 0.2) is 0 Å². The molecule has 4 heterocycles. The fourth-order valence-corrected chi connectivity index (χ4v) is 5.30. The molecule has 1 saturated heterocycles. The number of anilines is 1. The number of nitrogens with one attached hydrogen (secondary N) is 1. The topological polar surface area (TPSA) is 139 Å². The smallest absolute Gasteiger partial charge is 0.453 e. The Morgan fingerprint density at radius 3 is 2.62 bits per heavy atom. The van der Waals surface area contributed by atoms with Gasteiger partial charge in [-0.1, -0.05) is 6.07 Å². The molecule has 3 aromatic heterocycles. The molecule has 0 bridgehead atoms. The molecule has 42 heavy (non-hydrogen) atoms. The minimum atomic E-state index is -4.77. The van der Waals surface area contributed by atoms with Crippen molar-refractivity contribution in [3.8, 4) is 0 Å². The lowest BCUT2D eigenvalue weighted by molar-refractivity contribution is -0.158. The van der Waals surface area contributed by atoms with Gasteiger partial charge >= 0.3 is 18.2 Å². The molecule has 1 unspecified atom stereocenters. The van der Waals surface area contributed by atoms with Crippen LogP contribution >= 0.6 is 23.1 Å². The number of hydrogen-bond acceptors (Lipinski definition) is 12. The van der Waals surface area contributed by atoms with Crippen molar-refractivity contribution in [2.24, 2.45) is 4.99 Å². The number of carbonyl (C=O) groups excluding carboxylic acids is 2. The van der Waals surface area contributed by atoms with Crippen LogP contribution in [0.5, 0.6) is 0 Å². The number of hydrogen-bond donors (Lipinski definition) is 1. The number of ether oxygens (including phenoxy) is 1. The summed E-state index contributed by atoms with van der Waals surface area (Å²) < 4.78 is 46.4. The van der Waals surface area contributed by atoms with Crippen molar-refractivity contribution in [1.29, 1.82) is 0 Å². The van der Waals surface area contributed by atoms with Crippen LogP contribution in [0.4, 0.5) is 23.8 Å². The van der Waals surface area contributed by atoms with Gasteiger partial charge in [-0.15, -0.1) is 33.3 Å². The summed E-state index contributed by atoms with van der Waals surface area (Å²) in [4.78, 5) is 38.8. The molecule has 1 aliphatic rings. The van der Waals surface area contributed by atoms with Crippen molar-refractivity contribution in [3.63, 3.8) is 0 Å². The van der Waals surface area contributed by atoms with Crippen molar-refractivity contribution < 1.29 is 31.9 Å². The molecule has 17 heteroatoms. The van der Waals surface area contributed by atoms with Gasteiger partial charge in [0, 0.05) is 19.3 Å². The molecule has 1 fully saturated rings. The monoisotopic (exact) mass is 626 g/mol. The van der Waals surface area contributed by atoms with E-state index in [1.165, 1.54) is 16.9 Å². The molecular weight excluding hydrogens is 597 g/mol. The summed E-state index contributed by atoms with van der Waals surface area (Å²) in [5, 5.41) is 12.5. The number of thioether (sulfide) groups is 1. The van der Waals surface area contributed by atoms with Crippen molar-refractivity contribution in [2.75, 3.05) is 37.9 Å². The zero-order chi connectivity index (χ0) is 30.9. The van der Waals surface area contributed by atoms with Gasteiger partial charge in [0.25, 0.3) is 0 Å². The molecule has 0 aromatic carbocycles. The summed E-state index contributed by atoms with van der Waals surface area (Å²) in [5.41, 5.74) is 3.04. The Morgan fingerprint density at radius 2 is 2.07 bits per heavy atom.